The second-order valence-electron chi connectivity index (χ2n) is 8.43. The fourth-order valence-electron chi connectivity index (χ4n) is 3.81. The van der Waals surface area contributed by atoms with E-state index in [-0.39, 0.29) is 23.3 Å². The van der Waals surface area contributed by atoms with Crippen molar-refractivity contribution in [2.45, 2.75) is 38.6 Å². The molecule has 3 rings (SSSR count). The first-order valence-electron chi connectivity index (χ1n) is 11.9. The van der Waals surface area contributed by atoms with E-state index in [0.717, 1.165) is 17.2 Å². The zero-order chi connectivity index (χ0) is 24.0. The third-order valence-corrected chi connectivity index (χ3v) is 7.64. The number of thiophene rings is 1. The highest BCUT2D eigenvalue weighted by atomic mass is 32.2. The van der Waals surface area contributed by atoms with Gasteiger partial charge in [-0.15, -0.1) is 11.3 Å². The van der Waals surface area contributed by atoms with E-state index >= 15 is 0 Å². The molecule has 0 saturated carbocycles. The summed E-state index contributed by atoms with van der Waals surface area (Å²) in [5.41, 5.74) is 1.26. The van der Waals surface area contributed by atoms with E-state index in [1.54, 1.807) is 0 Å². The summed E-state index contributed by atoms with van der Waals surface area (Å²) in [6.07, 6.45) is 4.90. The number of nitrogens with one attached hydrogen (secondary N) is 2. The van der Waals surface area contributed by atoms with Gasteiger partial charge in [-0.2, -0.15) is 0 Å². The highest BCUT2D eigenvalue weighted by Gasteiger charge is 2.14. The Labute approximate surface area is 209 Å². The molecule has 34 heavy (non-hydrogen) atoms. The number of nitrogens with zero attached hydrogens (tertiary/aromatic N) is 1. The number of amides is 2. The molecule has 0 bridgehead atoms. The van der Waals surface area contributed by atoms with Gasteiger partial charge < -0.3 is 19.9 Å². The summed E-state index contributed by atoms with van der Waals surface area (Å²) in [5.74, 6) is 0.719. The number of likely N-dealkylation sites (tertiary alicyclic amines) is 1. The van der Waals surface area contributed by atoms with Crippen LogP contribution in [-0.4, -0.2) is 65.6 Å². The first-order valence-corrected chi connectivity index (χ1v) is 14.3. The van der Waals surface area contributed by atoms with E-state index in [9.17, 15) is 14.1 Å². The Morgan fingerprint density at radius 2 is 1.88 bits per heavy atom. The fraction of sp³-hybridized carbons (Fsp3) is 0.520. The van der Waals surface area contributed by atoms with Gasteiger partial charge >= 0.3 is 0 Å². The van der Waals surface area contributed by atoms with Crippen LogP contribution < -0.4 is 15.4 Å². The van der Waals surface area contributed by atoms with Crippen LogP contribution in [0, 0.1) is 0 Å². The van der Waals surface area contributed by atoms with Gasteiger partial charge in [0.1, 0.15) is 11.5 Å². The van der Waals surface area contributed by atoms with E-state index in [1.165, 1.54) is 49.3 Å². The van der Waals surface area contributed by atoms with E-state index in [1.807, 2.05) is 29.6 Å². The fourth-order valence-corrected chi connectivity index (χ4v) is 5.38. The molecule has 1 aromatic heterocycles. The summed E-state index contributed by atoms with van der Waals surface area (Å²) >= 11 is 0.224. The van der Waals surface area contributed by atoms with E-state index in [4.69, 9.17) is 4.74 Å². The van der Waals surface area contributed by atoms with Crippen molar-refractivity contribution in [3.05, 3.63) is 52.2 Å². The van der Waals surface area contributed by atoms with Gasteiger partial charge in [-0.05, 0) is 72.7 Å². The molecule has 186 valence electrons. The van der Waals surface area contributed by atoms with Crippen molar-refractivity contribution in [3.63, 3.8) is 0 Å². The number of carbonyl (C=O) groups is 2. The number of piperidine rings is 1. The van der Waals surface area contributed by atoms with E-state index < -0.39 is 11.2 Å². The van der Waals surface area contributed by atoms with Gasteiger partial charge in [-0.25, -0.2) is 0 Å². The summed E-state index contributed by atoms with van der Waals surface area (Å²) in [6.45, 7) is 4.57. The Morgan fingerprint density at radius 3 is 2.68 bits per heavy atom. The number of hydrogen-bond donors (Lipinski definition) is 2. The minimum absolute atomic E-state index is 0.0554. The second-order valence-corrected chi connectivity index (χ2v) is 11.0. The van der Waals surface area contributed by atoms with Crippen LogP contribution in [0.1, 0.15) is 36.1 Å². The lowest BCUT2D eigenvalue weighted by atomic mass is 10.1. The second kappa shape index (κ2) is 15.0. The van der Waals surface area contributed by atoms with E-state index in [2.05, 4.69) is 27.7 Å². The lowest BCUT2D eigenvalue weighted by molar-refractivity contribution is -0.120. The zero-order valence-corrected chi connectivity index (χ0v) is 21.3. The predicted octanol–water partition coefficient (Wildman–Crippen LogP) is 2.73. The minimum Gasteiger partial charge on any atom is -0.616 e. The van der Waals surface area contributed by atoms with Crippen molar-refractivity contribution < 1.29 is 18.9 Å². The van der Waals surface area contributed by atoms with Crippen LogP contribution in [0.25, 0.3) is 0 Å². The summed E-state index contributed by atoms with van der Waals surface area (Å²) in [5, 5.41) is 7.47. The summed E-state index contributed by atoms with van der Waals surface area (Å²) in [4.78, 5) is 27.3. The van der Waals surface area contributed by atoms with Crippen LogP contribution >= 0.6 is 11.3 Å². The van der Waals surface area contributed by atoms with Crippen LogP contribution in [0.2, 0.25) is 0 Å². The van der Waals surface area contributed by atoms with Crippen LogP contribution in [0.4, 0.5) is 0 Å². The van der Waals surface area contributed by atoms with Gasteiger partial charge in [0.15, 0.2) is 5.75 Å². The maximum absolute atomic E-state index is 12.1. The van der Waals surface area contributed by atoms with Crippen molar-refractivity contribution in [1.82, 2.24) is 15.5 Å². The highest BCUT2D eigenvalue weighted by molar-refractivity contribution is 7.92. The van der Waals surface area contributed by atoms with Crippen molar-refractivity contribution >= 4 is 34.3 Å². The molecule has 0 aliphatic carbocycles. The molecule has 1 aliphatic heterocycles. The molecule has 0 spiro atoms. The smallest absolute Gasteiger partial charge is 0.269 e. The van der Waals surface area contributed by atoms with Crippen LogP contribution in [0.5, 0.6) is 5.75 Å². The average Bonchev–Trinajstić information content (AvgIpc) is 3.33. The SMILES string of the molecule is O=C(Cc1cccs1)NCC[S+]([O-])CC(=O)NCCCOc1cccc(CN2CCCCC2)c1. The van der Waals surface area contributed by atoms with Crippen LogP contribution in [-0.2, 0) is 33.7 Å². The Kier molecular flexibility index (Phi) is 11.7. The summed E-state index contributed by atoms with van der Waals surface area (Å²) in [6, 6.07) is 12.0. The lowest BCUT2D eigenvalue weighted by Crippen LogP contribution is -2.35. The number of rotatable bonds is 14. The van der Waals surface area contributed by atoms with Crippen LogP contribution in [0.15, 0.2) is 41.8 Å². The maximum atomic E-state index is 12.1. The molecule has 1 aromatic carbocycles. The van der Waals surface area contributed by atoms with Crippen molar-refractivity contribution in [3.8, 4) is 5.75 Å². The normalized spacial score (nSPS) is 15.0. The molecule has 2 N–H and O–H groups in total. The van der Waals surface area contributed by atoms with Gasteiger partial charge in [0.05, 0.1) is 19.6 Å². The third-order valence-electron chi connectivity index (χ3n) is 5.52. The largest absolute Gasteiger partial charge is 0.616 e. The molecule has 2 heterocycles. The van der Waals surface area contributed by atoms with Gasteiger partial charge in [0.2, 0.25) is 5.91 Å². The quantitative estimate of drug-likeness (QED) is 0.304. The zero-order valence-electron chi connectivity index (χ0n) is 19.6. The number of hydrogen-bond acceptors (Lipinski definition) is 6. The predicted molar refractivity (Wildman–Crippen MR) is 138 cm³/mol. The van der Waals surface area contributed by atoms with Gasteiger partial charge in [-0.1, -0.05) is 24.6 Å². The number of benzene rings is 1. The molecule has 2 amide bonds. The monoisotopic (exact) mass is 505 g/mol. The Hall–Kier alpha value is -2.07. The molecule has 2 aromatic rings. The Bertz CT molecular complexity index is 873. The first-order chi connectivity index (χ1) is 16.6. The standard InChI is InChI=1S/C25H35N3O4S2/c29-24(18-23-9-5-15-33-23)27-11-16-34(31)20-25(30)26-10-6-14-32-22-8-4-7-21(17-22)19-28-12-2-1-3-13-28/h4-5,7-9,15,17H,1-3,6,10-14,16,18-20H2,(H,26,30)(H,27,29). The number of ether oxygens (including phenoxy) is 1. The molecule has 1 aliphatic rings. The van der Waals surface area contributed by atoms with Gasteiger partial charge in [-0.3, -0.25) is 14.5 Å². The van der Waals surface area contributed by atoms with Gasteiger partial charge in [0, 0.05) is 18.0 Å². The molecule has 1 fully saturated rings. The van der Waals surface area contributed by atoms with Crippen LogP contribution in [0.3, 0.4) is 0 Å². The van der Waals surface area contributed by atoms with Crippen molar-refractivity contribution in [2.75, 3.05) is 44.3 Å². The molecule has 1 atom stereocenters. The average molecular weight is 506 g/mol. The molecule has 0 radical (unpaired) electrons. The number of carbonyl (C=O) groups excluding carboxylic acids is 2. The maximum Gasteiger partial charge on any atom is 0.269 e. The Balaban J connectivity index is 1.22. The molecular weight excluding hydrogens is 470 g/mol. The van der Waals surface area contributed by atoms with Gasteiger partial charge in [0.25, 0.3) is 5.91 Å². The first kappa shape index (κ1) is 26.5. The van der Waals surface area contributed by atoms with Crippen molar-refractivity contribution in [2.24, 2.45) is 0 Å². The molecule has 1 unspecified atom stereocenters. The lowest BCUT2D eigenvalue weighted by Gasteiger charge is -2.26. The topological polar surface area (TPSA) is 93.7 Å². The molecule has 9 heteroatoms. The highest BCUT2D eigenvalue weighted by Crippen LogP contribution is 2.17. The molecular formula is C25H35N3O4S2. The Morgan fingerprint density at radius 1 is 1.06 bits per heavy atom. The minimum atomic E-state index is -1.31. The van der Waals surface area contributed by atoms with Crippen molar-refractivity contribution in [1.29, 1.82) is 0 Å². The summed E-state index contributed by atoms with van der Waals surface area (Å²) in [7, 11) is 0. The third kappa shape index (κ3) is 10.5. The van der Waals surface area contributed by atoms with E-state index in [0.29, 0.717) is 32.5 Å². The summed E-state index contributed by atoms with van der Waals surface area (Å²) < 4.78 is 17.9. The molecule has 1 saturated heterocycles. The molecule has 7 nitrogen and oxygen atoms in total.